The quantitative estimate of drug-likeness (QED) is 0.807. The molecule has 0 fully saturated rings. The molecule has 7 heteroatoms. The molecular weight excluding hydrogens is 359 g/mol. The molecule has 0 aromatic heterocycles. The van der Waals surface area contributed by atoms with Crippen molar-refractivity contribution in [3.63, 3.8) is 0 Å². The summed E-state index contributed by atoms with van der Waals surface area (Å²) in [6.45, 7) is 3.54. The molecule has 1 amide bonds. The van der Waals surface area contributed by atoms with Gasteiger partial charge in [0.1, 0.15) is 5.82 Å². The highest BCUT2D eigenvalue weighted by Crippen LogP contribution is 2.27. The SMILES string of the molecule is CCOc1ccccc1OCC(=O)Nc1ccc2c(c1F)CCNC2.Cl. The number of rotatable bonds is 6. The number of fused-ring (bicyclic) bond motifs is 1. The van der Waals surface area contributed by atoms with E-state index in [0.29, 0.717) is 36.6 Å². The van der Waals surface area contributed by atoms with Crippen molar-refractivity contribution in [1.82, 2.24) is 5.32 Å². The Labute approximate surface area is 158 Å². The Morgan fingerprint density at radius 1 is 1.19 bits per heavy atom. The van der Waals surface area contributed by atoms with Crippen LogP contribution in [0.2, 0.25) is 0 Å². The molecule has 0 saturated carbocycles. The maximum atomic E-state index is 14.5. The van der Waals surface area contributed by atoms with Crippen LogP contribution in [-0.2, 0) is 17.8 Å². The number of hydrogen-bond acceptors (Lipinski definition) is 4. The summed E-state index contributed by atoms with van der Waals surface area (Å²) in [5.74, 6) is 0.280. The van der Waals surface area contributed by atoms with Crippen LogP contribution in [0.1, 0.15) is 18.1 Å². The van der Waals surface area contributed by atoms with Gasteiger partial charge in [-0.2, -0.15) is 0 Å². The molecule has 0 radical (unpaired) electrons. The zero-order valence-electron chi connectivity index (χ0n) is 14.5. The van der Waals surface area contributed by atoms with E-state index in [1.165, 1.54) is 0 Å². The molecule has 2 N–H and O–H groups in total. The average Bonchev–Trinajstić information content (AvgIpc) is 2.64. The first-order valence-electron chi connectivity index (χ1n) is 8.34. The predicted molar refractivity (Wildman–Crippen MR) is 101 cm³/mol. The lowest BCUT2D eigenvalue weighted by atomic mass is 9.99. The fourth-order valence-corrected chi connectivity index (χ4v) is 2.80. The Balaban J connectivity index is 0.00000243. The Bertz CT molecular complexity index is 770. The van der Waals surface area contributed by atoms with E-state index in [1.54, 1.807) is 24.3 Å². The number of para-hydroxylation sites is 2. The van der Waals surface area contributed by atoms with Gasteiger partial charge in [0, 0.05) is 6.54 Å². The highest BCUT2D eigenvalue weighted by molar-refractivity contribution is 5.92. The number of amides is 1. The second-order valence-electron chi connectivity index (χ2n) is 5.71. The van der Waals surface area contributed by atoms with Crippen LogP contribution in [-0.4, -0.2) is 25.7 Å². The number of carbonyl (C=O) groups excluding carboxylic acids is 1. The van der Waals surface area contributed by atoms with Crippen LogP contribution in [0.15, 0.2) is 36.4 Å². The third kappa shape index (κ3) is 4.65. The minimum Gasteiger partial charge on any atom is -0.490 e. The third-order valence-electron chi connectivity index (χ3n) is 3.99. The van der Waals surface area contributed by atoms with Crippen LogP contribution in [0, 0.1) is 5.82 Å². The van der Waals surface area contributed by atoms with Gasteiger partial charge in [-0.05, 0) is 49.2 Å². The van der Waals surface area contributed by atoms with Gasteiger partial charge in [-0.1, -0.05) is 18.2 Å². The molecule has 0 spiro atoms. The van der Waals surface area contributed by atoms with Crippen molar-refractivity contribution >= 4 is 24.0 Å². The molecule has 1 aliphatic heterocycles. The van der Waals surface area contributed by atoms with Gasteiger partial charge in [-0.3, -0.25) is 4.79 Å². The van der Waals surface area contributed by atoms with Crippen LogP contribution >= 0.6 is 12.4 Å². The van der Waals surface area contributed by atoms with Crippen molar-refractivity contribution in [2.24, 2.45) is 0 Å². The van der Waals surface area contributed by atoms with Gasteiger partial charge in [-0.25, -0.2) is 4.39 Å². The topological polar surface area (TPSA) is 59.6 Å². The van der Waals surface area contributed by atoms with Crippen LogP contribution in [0.4, 0.5) is 10.1 Å². The van der Waals surface area contributed by atoms with Gasteiger partial charge in [0.2, 0.25) is 0 Å². The van der Waals surface area contributed by atoms with Crippen LogP contribution in [0.3, 0.4) is 0 Å². The highest BCUT2D eigenvalue weighted by Gasteiger charge is 2.17. The van der Waals surface area contributed by atoms with E-state index in [4.69, 9.17) is 9.47 Å². The molecular formula is C19H22ClFN2O3. The minimum absolute atomic E-state index is 0. The largest absolute Gasteiger partial charge is 0.490 e. The van der Waals surface area contributed by atoms with Gasteiger partial charge in [0.15, 0.2) is 18.1 Å². The molecule has 0 aliphatic carbocycles. The summed E-state index contributed by atoms with van der Waals surface area (Å²) in [6.07, 6.45) is 0.614. The summed E-state index contributed by atoms with van der Waals surface area (Å²) < 4.78 is 25.5. The van der Waals surface area contributed by atoms with Crippen molar-refractivity contribution < 1.29 is 18.7 Å². The average molecular weight is 381 g/mol. The maximum Gasteiger partial charge on any atom is 0.262 e. The van der Waals surface area contributed by atoms with Gasteiger partial charge in [0.25, 0.3) is 5.91 Å². The summed E-state index contributed by atoms with van der Waals surface area (Å²) in [7, 11) is 0. The third-order valence-corrected chi connectivity index (χ3v) is 3.99. The second kappa shape index (κ2) is 9.40. The Hall–Kier alpha value is -2.31. The summed E-state index contributed by atoms with van der Waals surface area (Å²) in [5.41, 5.74) is 1.79. The van der Waals surface area contributed by atoms with Crippen molar-refractivity contribution in [2.75, 3.05) is 25.1 Å². The zero-order valence-corrected chi connectivity index (χ0v) is 15.3. The monoisotopic (exact) mass is 380 g/mol. The molecule has 3 rings (SSSR count). The highest BCUT2D eigenvalue weighted by atomic mass is 35.5. The van der Waals surface area contributed by atoms with Crippen LogP contribution in [0.25, 0.3) is 0 Å². The molecule has 26 heavy (non-hydrogen) atoms. The number of halogens is 2. The Morgan fingerprint density at radius 2 is 1.92 bits per heavy atom. The van der Waals surface area contributed by atoms with E-state index in [9.17, 15) is 9.18 Å². The minimum atomic E-state index is -0.418. The number of ether oxygens (including phenoxy) is 2. The molecule has 2 aromatic carbocycles. The molecule has 0 bridgehead atoms. The van der Waals surface area contributed by atoms with Gasteiger partial charge < -0.3 is 20.1 Å². The first kappa shape index (κ1) is 20.0. The Morgan fingerprint density at radius 3 is 2.65 bits per heavy atom. The van der Waals surface area contributed by atoms with Crippen molar-refractivity contribution in [3.8, 4) is 11.5 Å². The first-order valence-corrected chi connectivity index (χ1v) is 8.34. The summed E-state index contributed by atoms with van der Waals surface area (Å²) in [5, 5.41) is 5.78. The van der Waals surface area contributed by atoms with Gasteiger partial charge in [-0.15, -0.1) is 12.4 Å². The van der Waals surface area contributed by atoms with Gasteiger partial charge >= 0.3 is 0 Å². The molecule has 1 aliphatic rings. The maximum absolute atomic E-state index is 14.5. The van der Waals surface area contributed by atoms with E-state index >= 15 is 0 Å². The number of hydrogen-bond donors (Lipinski definition) is 2. The normalized spacial score (nSPS) is 12.5. The van der Waals surface area contributed by atoms with Gasteiger partial charge in [0.05, 0.1) is 12.3 Å². The number of benzene rings is 2. The zero-order chi connectivity index (χ0) is 17.6. The van der Waals surface area contributed by atoms with E-state index in [0.717, 1.165) is 12.1 Å². The fraction of sp³-hybridized carbons (Fsp3) is 0.316. The van der Waals surface area contributed by atoms with E-state index in [2.05, 4.69) is 10.6 Å². The summed E-state index contributed by atoms with van der Waals surface area (Å²) >= 11 is 0. The van der Waals surface area contributed by atoms with E-state index in [1.807, 2.05) is 19.1 Å². The molecule has 1 heterocycles. The molecule has 5 nitrogen and oxygen atoms in total. The summed E-state index contributed by atoms with van der Waals surface area (Å²) in [6, 6.07) is 10.6. The van der Waals surface area contributed by atoms with E-state index in [-0.39, 0.29) is 30.5 Å². The molecule has 140 valence electrons. The number of anilines is 1. The van der Waals surface area contributed by atoms with Crippen molar-refractivity contribution in [3.05, 3.63) is 53.3 Å². The van der Waals surface area contributed by atoms with Crippen molar-refractivity contribution in [2.45, 2.75) is 19.9 Å². The smallest absolute Gasteiger partial charge is 0.262 e. The molecule has 0 atom stereocenters. The molecule has 0 unspecified atom stereocenters. The molecule has 2 aromatic rings. The first-order chi connectivity index (χ1) is 12.2. The predicted octanol–water partition coefficient (Wildman–Crippen LogP) is 3.31. The standard InChI is InChI=1S/C19H21FN2O3.ClH/c1-2-24-16-5-3-4-6-17(16)25-12-18(23)22-15-8-7-13-11-21-10-9-14(13)19(15)20;/h3-8,21H,2,9-12H2,1H3,(H,22,23);1H. The summed E-state index contributed by atoms with van der Waals surface area (Å²) in [4.78, 5) is 12.1. The lowest BCUT2D eigenvalue weighted by molar-refractivity contribution is -0.118. The lowest BCUT2D eigenvalue weighted by Crippen LogP contribution is -2.26. The number of nitrogens with one attached hydrogen (secondary N) is 2. The van der Waals surface area contributed by atoms with Crippen molar-refractivity contribution in [1.29, 1.82) is 0 Å². The lowest BCUT2D eigenvalue weighted by Gasteiger charge is -2.19. The van der Waals surface area contributed by atoms with Crippen LogP contribution in [0.5, 0.6) is 11.5 Å². The second-order valence-corrected chi connectivity index (χ2v) is 5.71. The van der Waals surface area contributed by atoms with Crippen LogP contribution < -0.4 is 20.1 Å². The number of carbonyl (C=O) groups is 1. The fourth-order valence-electron chi connectivity index (χ4n) is 2.80. The Kier molecular flexibility index (Phi) is 7.24. The molecule has 0 saturated heterocycles. The van der Waals surface area contributed by atoms with E-state index < -0.39 is 5.91 Å².